The van der Waals surface area contributed by atoms with Crippen LogP contribution in [0.25, 0.3) is 0 Å². The van der Waals surface area contributed by atoms with Crippen LogP contribution < -0.4 is 0 Å². The molecule has 0 aromatic heterocycles. The molecule has 0 aromatic rings. The number of alkyl halides is 1. The molecule has 0 bridgehead atoms. The smallest absolute Gasteiger partial charge is 0.222 e. The van der Waals surface area contributed by atoms with Crippen LogP contribution in [0.2, 0.25) is 0 Å². The molecule has 3 nitrogen and oxygen atoms in total. The number of unbranched alkanes of at least 4 members (excludes halogenated alkanes) is 1. The van der Waals surface area contributed by atoms with Crippen LogP contribution in [-0.4, -0.2) is 53.8 Å². The molecule has 0 atom stereocenters. The van der Waals surface area contributed by atoms with Crippen molar-refractivity contribution < 1.29 is 4.79 Å². The number of hydrogen-bond donors (Lipinski definition) is 0. The fourth-order valence-electron chi connectivity index (χ4n) is 1.84. The van der Waals surface area contributed by atoms with Crippen molar-refractivity contribution in [3.63, 3.8) is 0 Å². The summed E-state index contributed by atoms with van der Waals surface area (Å²) in [5.41, 5.74) is 0. The van der Waals surface area contributed by atoms with Gasteiger partial charge >= 0.3 is 0 Å². The number of rotatable bonds is 5. The molecule has 1 rings (SSSR count). The average molecular weight is 277 g/mol. The number of nitrogens with zero attached hydrogens (tertiary/aromatic N) is 2. The summed E-state index contributed by atoms with van der Waals surface area (Å²) >= 11 is 3.38. The van der Waals surface area contributed by atoms with Crippen LogP contribution in [-0.2, 0) is 4.79 Å². The third-order valence-corrected chi connectivity index (χ3v) is 3.51. The van der Waals surface area contributed by atoms with Crippen molar-refractivity contribution in [3.8, 4) is 0 Å². The van der Waals surface area contributed by atoms with Crippen molar-refractivity contribution in [3.05, 3.63) is 0 Å². The Morgan fingerprint density at radius 3 is 2.40 bits per heavy atom. The molecule has 1 aliphatic heterocycles. The lowest BCUT2D eigenvalue weighted by Crippen LogP contribution is -2.48. The molecular formula is C11H21BrN2O. The molecule has 0 aromatic carbocycles. The maximum atomic E-state index is 11.8. The van der Waals surface area contributed by atoms with Gasteiger partial charge in [0.2, 0.25) is 5.91 Å². The molecule has 4 heteroatoms. The van der Waals surface area contributed by atoms with E-state index in [2.05, 4.69) is 27.8 Å². The van der Waals surface area contributed by atoms with Gasteiger partial charge in [0, 0.05) is 37.9 Å². The summed E-state index contributed by atoms with van der Waals surface area (Å²) in [6.07, 6.45) is 2.83. The van der Waals surface area contributed by atoms with Gasteiger partial charge in [-0.3, -0.25) is 4.79 Å². The number of amides is 1. The quantitative estimate of drug-likeness (QED) is 0.564. The summed E-state index contributed by atoms with van der Waals surface area (Å²) in [6.45, 7) is 7.20. The van der Waals surface area contributed by atoms with Crippen molar-refractivity contribution >= 4 is 21.8 Å². The van der Waals surface area contributed by atoms with Gasteiger partial charge in [-0.15, -0.1) is 0 Å². The van der Waals surface area contributed by atoms with Gasteiger partial charge in [-0.05, 0) is 19.4 Å². The van der Waals surface area contributed by atoms with Crippen molar-refractivity contribution in [1.82, 2.24) is 9.80 Å². The molecule has 1 saturated heterocycles. The lowest BCUT2D eigenvalue weighted by atomic mass is 10.2. The van der Waals surface area contributed by atoms with Gasteiger partial charge in [-0.25, -0.2) is 0 Å². The SMILES string of the molecule is CCN1CCN(C(=O)CCCCBr)CC1. The normalized spacial score (nSPS) is 18.1. The molecule has 1 amide bonds. The lowest BCUT2D eigenvalue weighted by Gasteiger charge is -2.34. The average Bonchev–Trinajstić information content (AvgIpc) is 2.29. The Morgan fingerprint density at radius 2 is 1.87 bits per heavy atom. The highest BCUT2D eigenvalue weighted by Crippen LogP contribution is 2.06. The van der Waals surface area contributed by atoms with Gasteiger partial charge in [0.05, 0.1) is 0 Å². The van der Waals surface area contributed by atoms with Crippen LogP contribution in [0.4, 0.5) is 0 Å². The van der Waals surface area contributed by atoms with Crippen LogP contribution in [0, 0.1) is 0 Å². The molecule has 0 saturated carbocycles. The second kappa shape index (κ2) is 7.23. The predicted octanol–water partition coefficient (Wildman–Crippen LogP) is 1.72. The third kappa shape index (κ3) is 4.51. The molecule has 0 spiro atoms. The first-order valence-electron chi connectivity index (χ1n) is 5.84. The van der Waals surface area contributed by atoms with Crippen LogP contribution in [0.15, 0.2) is 0 Å². The predicted molar refractivity (Wildman–Crippen MR) is 66.3 cm³/mol. The largest absolute Gasteiger partial charge is 0.340 e. The number of piperazine rings is 1. The highest BCUT2D eigenvalue weighted by molar-refractivity contribution is 9.09. The Bertz CT molecular complexity index is 191. The summed E-state index contributed by atoms with van der Waals surface area (Å²) in [5.74, 6) is 0.340. The van der Waals surface area contributed by atoms with Gasteiger partial charge in [0.15, 0.2) is 0 Å². The van der Waals surface area contributed by atoms with E-state index in [9.17, 15) is 4.79 Å². The van der Waals surface area contributed by atoms with Gasteiger partial charge in [-0.2, -0.15) is 0 Å². The molecule has 1 heterocycles. The van der Waals surface area contributed by atoms with Crippen molar-refractivity contribution in [2.24, 2.45) is 0 Å². The number of carbonyl (C=O) groups is 1. The summed E-state index contributed by atoms with van der Waals surface area (Å²) in [7, 11) is 0. The van der Waals surface area contributed by atoms with Gasteiger partial charge < -0.3 is 9.80 Å². The second-order valence-corrected chi connectivity index (χ2v) is 4.75. The van der Waals surface area contributed by atoms with E-state index in [-0.39, 0.29) is 0 Å². The minimum atomic E-state index is 0.340. The van der Waals surface area contributed by atoms with E-state index < -0.39 is 0 Å². The summed E-state index contributed by atoms with van der Waals surface area (Å²) in [4.78, 5) is 16.2. The molecule has 1 fully saturated rings. The zero-order chi connectivity index (χ0) is 11.1. The van der Waals surface area contributed by atoms with Crippen molar-refractivity contribution in [1.29, 1.82) is 0 Å². The van der Waals surface area contributed by atoms with Crippen molar-refractivity contribution in [2.45, 2.75) is 26.2 Å². The number of likely N-dealkylation sites (N-methyl/N-ethyl adjacent to an activating group) is 1. The Labute approximate surface area is 101 Å². The van der Waals surface area contributed by atoms with E-state index in [1.54, 1.807) is 0 Å². The topological polar surface area (TPSA) is 23.6 Å². The standard InChI is InChI=1S/C11H21BrN2O/c1-2-13-7-9-14(10-8-13)11(15)5-3-4-6-12/h2-10H2,1H3. The fourth-order valence-corrected chi connectivity index (χ4v) is 2.24. The summed E-state index contributed by atoms with van der Waals surface area (Å²) in [5, 5.41) is 1.00. The first kappa shape index (κ1) is 13.0. The summed E-state index contributed by atoms with van der Waals surface area (Å²) < 4.78 is 0. The molecule has 1 aliphatic rings. The van der Waals surface area contributed by atoms with Crippen molar-refractivity contribution in [2.75, 3.05) is 38.1 Å². The maximum Gasteiger partial charge on any atom is 0.222 e. The van der Waals surface area contributed by atoms with E-state index in [0.29, 0.717) is 5.91 Å². The lowest BCUT2D eigenvalue weighted by molar-refractivity contribution is -0.133. The Balaban J connectivity index is 2.18. The minimum Gasteiger partial charge on any atom is -0.340 e. The number of hydrogen-bond acceptors (Lipinski definition) is 2. The van der Waals surface area contributed by atoms with E-state index in [1.165, 1.54) is 0 Å². The van der Waals surface area contributed by atoms with Gasteiger partial charge in [-0.1, -0.05) is 22.9 Å². The van der Waals surface area contributed by atoms with Gasteiger partial charge in [0.1, 0.15) is 0 Å². The number of halogens is 1. The molecule has 0 unspecified atom stereocenters. The maximum absolute atomic E-state index is 11.8. The van der Waals surface area contributed by atoms with Crippen LogP contribution in [0.5, 0.6) is 0 Å². The second-order valence-electron chi connectivity index (χ2n) is 3.96. The molecule has 0 radical (unpaired) electrons. The molecule has 15 heavy (non-hydrogen) atoms. The highest BCUT2D eigenvalue weighted by Gasteiger charge is 2.19. The zero-order valence-corrected chi connectivity index (χ0v) is 11.1. The van der Waals surface area contributed by atoms with Crippen LogP contribution >= 0.6 is 15.9 Å². The third-order valence-electron chi connectivity index (χ3n) is 2.95. The molecular weight excluding hydrogens is 256 g/mol. The Kier molecular flexibility index (Phi) is 6.25. The molecule has 0 N–H and O–H groups in total. The van der Waals surface area contributed by atoms with Gasteiger partial charge in [0.25, 0.3) is 0 Å². The number of carbonyl (C=O) groups excluding carboxylic acids is 1. The van der Waals surface area contributed by atoms with E-state index in [1.807, 2.05) is 4.90 Å². The Hall–Kier alpha value is -0.0900. The Morgan fingerprint density at radius 1 is 1.20 bits per heavy atom. The first-order chi connectivity index (χ1) is 7.27. The monoisotopic (exact) mass is 276 g/mol. The molecule has 88 valence electrons. The van der Waals surface area contributed by atoms with E-state index in [4.69, 9.17) is 0 Å². The first-order valence-corrected chi connectivity index (χ1v) is 6.96. The molecule has 0 aliphatic carbocycles. The van der Waals surface area contributed by atoms with E-state index in [0.717, 1.165) is 57.3 Å². The fraction of sp³-hybridized carbons (Fsp3) is 0.909. The summed E-state index contributed by atoms with van der Waals surface area (Å²) in [6, 6.07) is 0. The zero-order valence-electron chi connectivity index (χ0n) is 9.54. The highest BCUT2D eigenvalue weighted by atomic mass is 79.9. The minimum absolute atomic E-state index is 0.340. The van der Waals surface area contributed by atoms with Crippen LogP contribution in [0.3, 0.4) is 0 Å². The van der Waals surface area contributed by atoms with Crippen LogP contribution in [0.1, 0.15) is 26.2 Å². The van der Waals surface area contributed by atoms with E-state index >= 15 is 0 Å².